The summed E-state index contributed by atoms with van der Waals surface area (Å²) in [4.78, 5) is 18.5. The number of rotatable bonds is 5. The van der Waals surface area contributed by atoms with Gasteiger partial charge in [0.15, 0.2) is 0 Å². The molecule has 0 atom stereocenters. The first kappa shape index (κ1) is 18.2. The number of nitrogens with two attached hydrogens (primary N) is 1. The van der Waals surface area contributed by atoms with Crippen molar-refractivity contribution < 1.29 is 4.79 Å². The van der Waals surface area contributed by atoms with Gasteiger partial charge in [-0.2, -0.15) is 0 Å². The number of hydrogen-bond acceptors (Lipinski definition) is 5. The van der Waals surface area contributed by atoms with E-state index in [0.717, 1.165) is 56.2 Å². The number of primary amides is 1. The second-order valence-electron chi connectivity index (χ2n) is 7.09. The van der Waals surface area contributed by atoms with Gasteiger partial charge in [-0.15, -0.1) is 10.2 Å². The molecule has 0 aliphatic carbocycles. The molecule has 0 saturated carbocycles. The van der Waals surface area contributed by atoms with Gasteiger partial charge in [-0.1, -0.05) is 30.3 Å². The zero-order valence-corrected chi connectivity index (χ0v) is 16.0. The van der Waals surface area contributed by atoms with Gasteiger partial charge in [0, 0.05) is 38.2 Å². The molecule has 1 aliphatic rings. The number of fused-ring (bicyclic) bond motifs is 1. The topological polar surface area (TPSA) is 89.9 Å². The third-order valence-electron chi connectivity index (χ3n) is 5.16. The molecule has 2 aromatic heterocycles. The molecule has 1 aromatic carbocycles. The number of nitrogens with zero attached hydrogens (tertiary/aromatic N) is 5. The van der Waals surface area contributed by atoms with Crippen molar-refractivity contribution in [3.63, 3.8) is 0 Å². The molecule has 1 aliphatic heterocycles. The van der Waals surface area contributed by atoms with E-state index in [1.54, 1.807) is 6.07 Å². The van der Waals surface area contributed by atoms with E-state index in [2.05, 4.69) is 48.9 Å². The molecule has 0 spiro atoms. The van der Waals surface area contributed by atoms with Crippen LogP contribution in [-0.2, 0) is 25.8 Å². The molecule has 4 rings (SSSR count). The van der Waals surface area contributed by atoms with Gasteiger partial charge in [0.2, 0.25) is 0 Å². The average Bonchev–Trinajstić information content (AvgIpc) is 2.96. The van der Waals surface area contributed by atoms with Crippen molar-refractivity contribution in [3.05, 3.63) is 70.9 Å². The number of amides is 1. The van der Waals surface area contributed by atoms with Crippen molar-refractivity contribution >= 4 is 11.7 Å². The number of aromatic nitrogens is 4. The minimum atomic E-state index is -0.449. The summed E-state index contributed by atoms with van der Waals surface area (Å²) in [5.74, 6) is 2.21. The van der Waals surface area contributed by atoms with E-state index >= 15 is 0 Å². The molecule has 0 saturated heterocycles. The summed E-state index contributed by atoms with van der Waals surface area (Å²) >= 11 is 0. The fourth-order valence-electron chi connectivity index (χ4n) is 3.66. The number of pyridine rings is 1. The Bertz CT molecular complexity index is 982. The molecular formula is C21H24N6O. The molecular weight excluding hydrogens is 352 g/mol. The van der Waals surface area contributed by atoms with Crippen LogP contribution < -0.4 is 10.6 Å². The molecule has 0 unspecified atom stereocenters. The molecule has 2 N–H and O–H groups in total. The minimum Gasteiger partial charge on any atom is -0.365 e. The molecule has 0 radical (unpaired) electrons. The van der Waals surface area contributed by atoms with Crippen LogP contribution in [0.15, 0.2) is 42.5 Å². The number of carbonyl (C=O) groups excluding carboxylic acids is 1. The first-order chi connectivity index (χ1) is 13.6. The maximum Gasteiger partial charge on any atom is 0.252 e. The Kier molecular flexibility index (Phi) is 5.06. The van der Waals surface area contributed by atoms with Crippen molar-refractivity contribution in [2.75, 3.05) is 18.0 Å². The Labute approximate surface area is 164 Å². The third-order valence-corrected chi connectivity index (χ3v) is 5.16. The van der Waals surface area contributed by atoms with E-state index in [4.69, 9.17) is 5.73 Å². The van der Waals surface area contributed by atoms with Crippen LogP contribution in [0, 0.1) is 6.92 Å². The normalized spacial score (nSPS) is 13.8. The van der Waals surface area contributed by atoms with Crippen LogP contribution in [0.25, 0.3) is 0 Å². The predicted molar refractivity (Wildman–Crippen MR) is 107 cm³/mol. The van der Waals surface area contributed by atoms with Crippen LogP contribution in [0.3, 0.4) is 0 Å². The Morgan fingerprint density at radius 2 is 1.86 bits per heavy atom. The summed E-state index contributed by atoms with van der Waals surface area (Å²) in [6, 6.07) is 14.0. The van der Waals surface area contributed by atoms with Gasteiger partial charge in [0.25, 0.3) is 5.91 Å². The van der Waals surface area contributed by atoms with E-state index in [9.17, 15) is 4.79 Å². The molecule has 3 heterocycles. The Morgan fingerprint density at radius 3 is 2.64 bits per heavy atom. The zero-order valence-electron chi connectivity index (χ0n) is 16.0. The van der Waals surface area contributed by atoms with E-state index in [1.165, 1.54) is 5.56 Å². The zero-order chi connectivity index (χ0) is 19.5. The molecule has 28 heavy (non-hydrogen) atoms. The summed E-state index contributed by atoms with van der Waals surface area (Å²) in [7, 11) is 0. The van der Waals surface area contributed by atoms with E-state index in [0.29, 0.717) is 11.4 Å². The molecule has 0 bridgehead atoms. The highest BCUT2D eigenvalue weighted by Crippen LogP contribution is 2.21. The van der Waals surface area contributed by atoms with Crippen LogP contribution in [-0.4, -0.2) is 38.7 Å². The van der Waals surface area contributed by atoms with Crippen LogP contribution in [0.1, 0.15) is 33.3 Å². The van der Waals surface area contributed by atoms with Crippen molar-refractivity contribution in [3.8, 4) is 0 Å². The smallest absolute Gasteiger partial charge is 0.252 e. The molecule has 7 nitrogen and oxygen atoms in total. The number of carbonyl (C=O) groups is 1. The van der Waals surface area contributed by atoms with Crippen LogP contribution in [0.2, 0.25) is 0 Å². The summed E-state index contributed by atoms with van der Waals surface area (Å²) in [5.41, 5.74) is 8.19. The average molecular weight is 376 g/mol. The lowest BCUT2D eigenvalue weighted by molar-refractivity contribution is 0.100. The van der Waals surface area contributed by atoms with E-state index in [-0.39, 0.29) is 0 Å². The Balaban J connectivity index is 1.51. The summed E-state index contributed by atoms with van der Waals surface area (Å²) in [6.45, 7) is 4.15. The molecule has 3 aromatic rings. The highest BCUT2D eigenvalue weighted by atomic mass is 16.1. The molecule has 1 amide bonds. The van der Waals surface area contributed by atoms with Crippen LogP contribution in [0.4, 0.5) is 5.82 Å². The van der Waals surface area contributed by atoms with Crippen LogP contribution in [0.5, 0.6) is 0 Å². The maximum absolute atomic E-state index is 11.8. The van der Waals surface area contributed by atoms with Gasteiger partial charge in [-0.25, -0.2) is 4.98 Å². The Morgan fingerprint density at radius 1 is 1.04 bits per heavy atom. The lowest BCUT2D eigenvalue weighted by Crippen LogP contribution is -2.30. The van der Waals surface area contributed by atoms with Gasteiger partial charge in [-0.05, 0) is 31.0 Å². The fraction of sp³-hybridized carbons (Fsp3) is 0.333. The number of aryl methyl sites for hydroxylation is 3. The fourth-order valence-corrected chi connectivity index (χ4v) is 3.66. The van der Waals surface area contributed by atoms with E-state index < -0.39 is 5.91 Å². The minimum absolute atomic E-state index is 0.449. The number of benzene rings is 1. The molecule has 7 heteroatoms. The summed E-state index contributed by atoms with van der Waals surface area (Å²) in [6.07, 6.45) is 2.55. The SMILES string of the molecule is Cc1ccc(C(N)=O)c(N2CCc3nnc(CCc4ccccc4)n3CC2)n1. The largest absolute Gasteiger partial charge is 0.365 e. The van der Waals surface area contributed by atoms with E-state index in [1.807, 2.05) is 19.1 Å². The highest BCUT2D eigenvalue weighted by molar-refractivity contribution is 5.97. The third kappa shape index (κ3) is 3.74. The van der Waals surface area contributed by atoms with Crippen molar-refractivity contribution in [1.82, 2.24) is 19.7 Å². The van der Waals surface area contributed by atoms with Crippen LogP contribution >= 0.6 is 0 Å². The molecule has 0 fully saturated rings. The van der Waals surface area contributed by atoms with Gasteiger partial charge < -0.3 is 15.2 Å². The first-order valence-electron chi connectivity index (χ1n) is 9.59. The number of hydrogen-bond donors (Lipinski definition) is 1. The highest BCUT2D eigenvalue weighted by Gasteiger charge is 2.22. The van der Waals surface area contributed by atoms with Gasteiger partial charge in [-0.3, -0.25) is 4.79 Å². The van der Waals surface area contributed by atoms with Crippen molar-refractivity contribution in [2.24, 2.45) is 5.73 Å². The molecule has 144 valence electrons. The van der Waals surface area contributed by atoms with Gasteiger partial charge in [0.05, 0.1) is 5.56 Å². The summed E-state index contributed by atoms with van der Waals surface area (Å²) in [5, 5.41) is 8.82. The van der Waals surface area contributed by atoms with Crippen molar-refractivity contribution in [1.29, 1.82) is 0 Å². The predicted octanol–water partition coefficient (Wildman–Crippen LogP) is 1.93. The first-order valence-corrected chi connectivity index (χ1v) is 9.59. The Hall–Kier alpha value is -3.22. The number of anilines is 1. The standard InChI is InChI=1S/C21H24N6O/c1-15-7-9-17(20(22)28)21(23-15)26-12-11-19-25-24-18(27(19)14-13-26)10-8-16-5-3-2-4-6-16/h2-7,9H,8,10-14H2,1H3,(H2,22,28). The quantitative estimate of drug-likeness (QED) is 0.735. The second-order valence-corrected chi connectivity index (χ2v) is 7.09. The lowest BCUT2D eigenvalue weighted by Gasteiger charge is -2.23. The maximum atomic E-state index is 11.8. The van der Waals surface area contributed by atoms with Crippen molar-refractivity contribution in [2.45, 2.75) is 32.7 Å². The summed E-state index contributed by atoms with van der Waals surface area (Å²) < 4.78 is 2.21. The second kappa shape index (κ2) is 7.80. The van der Waals surface area contributed by atoms with Gasteiger partial charge in [0.1, 0.15) is 17.5 Å². The van der Waals surface area contributed by atoms with Gasteiger partial charge >= 0.3 is 0 Å². The lowest BCUT2D eigenvalue weighted by atomic mass is 10.1. The monoisotopic (exact) mass is 376 g/mol.